The number of alkyl halides is 6. The number of thioether (sulfide) groups is 1. The average Bonchev–Trinajstić information content (AvgIpc) is 3.14. The van der Waals surface area contributed by atoms with E-state index >= 15 is 0 Å². The maximum absolute atomic E-state index is 13.0. The first-order valence-electron chi connectivity index (χ1n) is 9.40. The molecule has 13 heteroatoms. The molecule has 1 heterocycles. The molecule has 0 bridgehead atoms. The topological polar surface area (TPSA) is 59.8 Å². The van der Waals surface area contributed by atoms with Crippen molar-refractivity contribution in [1.82, 2.24) is 14.8 Å². The van der Waals surface area contributed by atoms with E-state index in [1.54, 1.807) is 34.9 Å². The summed E-state index contributed by atoms with van der Waals surface area (Å²) >= 11 is 6.80. The molecule has 180 valence electrons. The van der Waals surface area contributed by atoms with Gasteiger partial charge in [0.1, 0.15) is 0 Å². The molecular formula is C21H15ClF6N4OS. The number of nitrogens with one attached hydrogen (secondary N) is 1. The van der Waals surface area contributed by atoms with Crippen LogP contribution in [0, 0.1) is 0 Å². The highest BCUT2D eigenvalue weighted by Gasteiger charge is 2.37. The van der Waals surface area contributed by atoms with Crippen LogP contribution in [0.2, 0.25) is 5.02 Å². The van der Waals surface area contributed by atoms with Crippen LogP contribution in [-0.2, 0) is 23.7 Å². The van der Waals surface area contributed by atoms with Crippen molar-refractivity contribution in [1.29, 1.82) is 0 Å². The van der Waals surface area contributed by atoms with Crippen molar-refractivity contribution in [2.45, 2.75) is 24.1 Å². The lowest BCUT2D eigenvalue weighted by molar-refractivity contribution is -0.143. The predicted molar refractivity (Wildman–Crippen MR) is 116 cm³/mol. The summed E-state index contributed by atoms with van der Waals surface area (Å²) in [6.07, 6.45) is -8.46. The van der Waals surface area contributed by atoms with Crippen LogP contribution in [0.1, 0.15) is 11.1 Å². The van der Waals surface area contributed by atoms with E-state index in [4.69, 9.17) is 11.6 Å². The van der Waals surface area contributed by atoms with Gasteiger partial charge < -0.3 is 5.32 Å². The van der Waals surface area contributed by atoms with E-state index in [1.165, 1.54) is 0 Å². The number of halogens is 7. The number of rotatable bonds is 7. The smallest absolute Gasteiger partial charge is 0.325 e. The molecule has 0 aliphatic heterocycles. The molecule has 1 N–H and O–H groups in total. The fourth-order valence-electron chi connectivity index (χ4n) is 2.86. The van der Waals surface area contributed by atoms with Gasteiger partial charge in [0.25, 0.3) is 0 Å². The number of aromatic nitrogens is 3. The molecule has 3 rings (SSSR count). The third-order valence-corrected chi connectivity index (χ3v) is 5.55. The number of allylic oxidation sites excluding steroid dienone is 1. The van der Waals surface area contributed by atoms with E-state index in [0.29, 0.717) is 33.7 Å². The third-order valence-electron chi connectivity index (χ3n) is 4.33. The third kappa shape index (κ3) is 6.32. The molecule has 34 heavy (non-hydrogen) atoms. The minimum absolute atomic E-state index is 0.0134. The average molecular weight is 521 g/mol. The van der Waals surface area contributed by atoms with Gasteiger partial charge in [0.2, 0.25) is 5.91 Å². The van der Waals surface area contributed by atoms with Crippen molar-refractivity contribution in [3.8, 4) is 11.4 Å². The first-order valence-corrected chi connectivity index (χ1v) is 10.8. The molecule has 3 aromatic rings. The Morgan fingerprint density at radius 2 is 1.62 bits per heavy atom. The van der Waals surface area contributed by atoms with Crippen molar-refractivity contribution in [3.05, 3.63) is 71.3 Å². The van der Waals surface area contributed by atoms with E-state index in [-0.39, 0.29) is 18.4 Å². The first-order chi connectivity index (χ1) is 15.9. The molecule has 0 unspecified atom stereocenters. The number of carbonyl (C=O) groups is 1. The van der Waals surface area contributed by atoms with Crippen LogP contribution in [-0.4, -0.2) is 26.4 Å². The number of benzene rings is 2. The lowest BCUT2D eigenvalue weighted by atomic mass is 10.1. The predicted octanol–water partition coefficient (Wildman–Crippen LogP) is 6.55. The van der Waals surface area contributed by atoms with Gasteiger partial charge in [-0.05, 0) is 42.5 Å². The molecule has 0 aliphatic carbocycles. The lowest BCUT2D eigenvalue weighted by Gasteiger charge is -2.14. The van der Waals surface area contributed by atoms with Crippen LogP contribution >= 0.6 is 23.4 Å². The van der Waals surface area contributed by atoms with E-state index < -0.39 is 35.1 Å². The van der Waals surface area contributed by atoms with Gasteiger partial charge in [-0.3, -0.25) is 9.36 Å². The number of nitrogens with zero attached hydrogens (tertiary/aromatic N) is 3. The summed E-state index contributed by atoms with van der Waals surface area (Å²) in [5.41, 5.74) is -2.98. The normalized spacial score (nSPS) is 12.0. The summed E-state index contributed by atoms with van der Waals surface area (Å²) in [6, 6.07) is 7.63. The number of carbonyl (C=O) groups excluding carboxylic acids is 1. The van der Waals surface area contributed by atoms with E-state index in [0.717, 1.165) is 11.8 Å². The van der Waals surface area contributed by atoms with E-state index in [2.05, 4.69) is 22.1 Å². The Kier molecular flexibility index (Phi) is 7.61. The minimum Gasteiger partial charge on any atom is -0.325 e. The second-order valence-electron chi connectivity index (χ2n) is 6.84. The van der Waals surface area contributed by atoms with Crippen LogP contribution < -0.4 is 5.32 Å². The standard InChI is InChI=1S/C21H15ClF6N4OS/c1-2-7-32-18(12-3-5-15(22)6-4-12)30-31-19(32)34-11-17(33)29-16-9-13(20(23,24)25)8-14(10-16)21(26,27)28/h2-6,8-10H,1,7,11H2,(H,29,33). The summed E-state index contributed by atoms with van der Waals surface area (Å²) in [5, 5.41) is 11.0. The van der Waals surface area contributed by atoms with Gasteiger partial charge >= 0.3 is 12.4 Å². The highest BCUT2D eigenvalue weighted by atomic mass is 35.5. The molecule has 2 aromatic carbocycles. The van der Waals surface area contributed by atoms with Crippen molar-refractivity contribution in [3.63, 3.8) is 0 Å². The maximum Gasteiger partial charge on any atom is 0.416 e. The first kappa shape index (κ1) is 25.6. The van der Waals surface area contributed by atoms with E-state index in [1.807, 2.05) is 0 Å². The molecule has 0 spiro atoms. The quantitative estimate of drug-likeness (QED) is 0.218. The summed E-state index contributed by atoms with van der Waals surface area (Å²) in [4.78, 5) is 12.3. The Balaban J connectivity index is 1.78. The molecule has 0 fully saturated rings. The number of amides is 1. The van der Waals surface area contributed by atoms with Crippen LogP contribution in [0.25, 0.3) is 11.4 Å². The molecule has 1 amide bonds. The largest absolute Gasteiger partial charge is 0.416 e. The highest BCUT2D eigenvalue weighted by Crippen LogP contribution is 2.37. The Morgan fingerprint density at radius 3 is 2.15 bits per heavy atom. The monoisotopic (exact) mass is 520 g/mol. The zero-order valence-electron chi connectivity index (χ0n) is 17.0. The van der Waals surface area contributed by atoms with Gasteiger partial charge in [-0.2, -0.15) is 26.3 Å². The summed E-state index contributed by atoms with van der Waals surface area (Å²) in [5.74, 6) is -0.696. The van der Waals surface area contributed by atoms with E-state index in [9.17, 15) is 31.1 Å². The number of anilines is 1. The summed E-state index contributed by atoms with van der Waals surface area (Å²) in [7, 11) is 0. The Labute approximate surface area is 198 Å². The zero-order valence-corrected chi connectivity index (χ0v) is 18.6. The molecule has 0 saturated carbocycles. The van der Waals surface area contributed by atoms with Gasteiger partial charge in [0.15, 0.2) is 11.0 Å². The van der Waals surface area contributed by atoms with Crippen molar-refractivity contribution < 1.29 is 31.1 Å². The second kappa shape index (κ2) is 10.1. The molecule has 0 atom stereocenters. The van der Waals surface area contributed by atoms with Crippen molar-refractivity contribution in [2.75, 3.05) is 11.1 Å². The Bertz CT molecular complexity index is 1160. The Hall–Kier alpha value is -2.99. The summed E-state index contributed by atoms with van der Waals surface area (Å²) in [6.45, 7) is 3.95. The lowest BCUT2D eigenvalue weighted by Crippen LogP contribution is -2.17. The number of hydrogen-bond acceptors (Lipinski definition) is 4. The van der Waals surface area contributed by atoms with Gasteiger partial charge in [-0.25, -0.2) is 0 Å². The van der Waals surface area contributed by atoms with Crippen LogP contribution in [0.15, 0.2) is 60.3 Å². The van der Waals surface area contributed by atoms with Gasteiger partial charge in [0.05, 0.1) is 16.9 Å². The van der Waals surface area contributed by atoms with Crippen molar-refractivity contribution in [2.24, 2.45) is 0 Å². The van der Waals surface area contributed by atoms with Crippen molar-refractivity contribution >= 4 is 35.0 Å². The molecule has 1 aromatic heterocycles. The number of hydrogen-bond donors (Lipinski definition) is 1. The summed E-state index contributed by atoms with van der Waals surface area (Å²) < 4.78 is 79.7. The Morgan fingerprint density at radius 1 is 1.03 bits per heavy atom. The highest BCUT2D eigenvalue weighted by molar-refractivity contribution is 7.99. The zero-order chi connectivity index (χ0) is 25.1. The van der Waals surface area contributed by atoms with Crippen LogP contribution in [0.4, 0.5) is 32.0 Å². The molecular weight excluding hydrogens is 506 g/mol. The molecule has 0 aliphatic rings. The molecule has 0 saturated heterocycles. The maximum atomic E-state index is 13.0. The minimum atomic E-state index is -5.02. The van der Waals surface area contributed by atoms with Gasteiger partial charge in [-0.15, -0.1) is 16.8 Å². The van der Waals surface area contributed by atoms with Crippen LogP contribution in [0.5, 0.6) is 0 Å². The van der Waals surface area contributed by atoms with Gasteiger partial charge in [-0.1, -0.05) is 29.4 Å². The molecule has 5 nitrogen and oxygen atoms in total. The fourth-order valence-corrected chi connectivity index (χ4v) is 3.73. The molecule has 0 radical (unpaired) electrons. The fraction of sp³-hybridized carbons (Fsp3) is 0.190. The SMILES string of the molecule is C=CCn1c(SCC(=O)Nc2cc(C(F)(F)F)cc(C(F)(F)F)c2)nnc1-c1ccc(Cl)cc1. The second-order valence-corrected chi connectivity index (χ2v) is 8.22. The van der Waals surface area contributed by atoms with Crippen LogP contribution in [0.3, 0.4) is 0 Å². The van der Waals surface area contributed by atoms with Gasteiger partial charge in [0, 0.05) is 22.8 Å².